The fourth-order valence-corrected chi connectivity index (χ4v) is 4.16. The van der Waals surface area contributed by atoms with E-state index in [2.05, 4.69) is 22.6 Å². The number of amides is 2. The molecular formula is C20H29N6O3S+. The molecule has 30 heavy (non-hydrogen) atoms. The summed E-state index contributed by atoms with van der Waals surface area (Å²) in [6, 6.07) is 6.92. The van der Waals surface area contributed by atoms with Crippen molar-refractivity contribution in [2.24, 2.45) is 0 Å². The summed E-state index contributed by atoms with van der Waals surface area (Å²) in [7, 11) is 3.73. The molecule has 1 aliphatic rings. The first-order valence-electron chi connectivity index (χ1n) is 10.1. The zero-order valence-corrected chi connectivity index (χ0v) is 18.5. The maximum atomic E-state index is 12.5. The lowest BCUT2D eigenvalue weighted by Crippen LogP contribution is -3.12. The van der Waals surface area contributed by atoms with Crippen molar-refractivity contribution in [3.05, 3.63) is 35.7 Å². The average molecular weight is 434 g/mol. The third-order valence-electron chi connectivity index (χ3n) is 5.16. The molecule has 0 bridgehead atoms. The van der Waals surface area contributed by atoms with E-state index in [0.29, 0.717) is 34.6 Å². The molecule has 0 unspecified atom stereocenters. The first kappa shape index (κ1) is 22.1. The molecule has 2 aromatic rings. The van der Waals surface area contributed by atoms with Crippen molar-refractivity contribution in [2.45, 2.75) is 25.2 Å². The third-order valence-corrected chi connectivity index (χ3v) is 6.11. The highest BCUT2D eigenvalue weighted by Crippen LogP contribution is 2.18. The molecule has 3 rings (SSSR count). The Morgan fingerprint density at radius 2 is 1.90 bits per heavy atom. The smallest absolute Gasteiger partial charge is 0.251 e. The van der Waals surface area contributed by atoms with E-state index in [9.17, 15) is 9.59 Å². The molecule has 1 aromatic carbocycles. The highest BCUT2D eigenvalue weighted by Gasteiger charge is 2.22. The van der Waals surface area contributed by atoms with Crippen LogP contribution in [0.2, 0.25) is 0 Å². The largest absolute Gasteiger partial charge is 0.497 e. The van der Waals surface area contributed by atoms with Crippen molar-refractivity contribution in [3.8, 4) is 5.75 Å². The van der Waals surface area contributed by atoms with Crippen LogP contribution >= 0.6 is 11.8 Å². The predicted molar refractivity (Wildman–Crippen MR) is 114 cm³/mol. The molecule has 1 aliphatic heterocycles. The Morgan fingerprint density at radius 3 is 2.53 bits per heavy atom. The molecule has 1 saturated heterocycles. The number of aromatic nitrogens is 3. The van der Waals surface area contributed by atoms with E-state index >= 15 is 0 Å². The minimum atomic E-state index is -0.190. The Kier molecular flexibility index (Phi) is 7.69. The Morgan fingerprint density at radius 1 is 1.20 bits per heavy atom. The molecule has 1 aromatic heterocycles. The minimum absolute atomic E-state index is 0.132. The summed E-state index contributed by atoms with van der Waals surface area (Å²) in [6.45, 7) is 6.49. The van der Waals surface area contributed by atoms with Crippen LogP contribution in [0.25, 0.3) is 0 Å². The van der Waals surface area contributed by atoms with Gasteiger partial charge in [-0.1, -0.05) is 11.8 Å². The number of nitrogens with one attached hydrogen (secondary N) is 2. The van der Waals surface area contributed by atoms with Crippen molar-refractivity contribution >= 4 is 23.6 Å². The molecule has 0 aliphatic carbocycles. The van der Waals surface area contributed by atoms with E-state index < -0.39 is 0 Å². The van der Waals surface area contributed by atoms with E-state index in [1.165, 1.54) is 16.7 Å². The van der Waals surface area contributed by atoms with Gasteiger partial charge in [-0.2, -0.15) is 0 Å². The van der Waals surface area contributed by atoms with Crippen LogP contribution < -0.4 is 15.0 Å². The molecule has 0 radical (unpaired) electrons. The van der Waals surface area contributed by atoms with Gasteiger partial charge in [-0.05, 0) is 31.2 Å². The van der Waals surface area contributed by atoms with E-state index in [0.717, 1.165) is 26.2 Å². The van der Waals surface area contributed by atoms with Crippen LogP contribution in [0.15, 0.2) is 29.4 Å². The molecule has 9 nitrogen and oxygen atoms in total. The van der Waals surface area contributed by atoms with Crippen LogP contribution in [0.5, 0.6) is 5.75 Å². The molecule has 2 heterocycles. The number of hydrogen-bond acceptors (Lipinski definition) is 6. The van der Waals surface area contributed by atoms with Crippen LogP contribution in [0, 0.1) is 0 Å². The van der Waals surface area contributed by atoms with Crippen LogP contribution in [0.1, 0.15) is 23.1 Å². The second kappa shape index (κ2) is 10.4. The van der Waals surface area contributed by atoms with E-state index in [4.69, 9.17) is 4.74 Å². The Bertz CT molecular complexity index is 862. The fourth-order valence-electron chi connectivity index (χ4n) is 3.23. The molecule has 0 saturated carbocycles. The maximum absolute atomic E-state index is 12.5. The maximum Gasteiger partial charge on any atom is 0.251 e. The van der Waals surface area contributed by atoms with Crippen molar-refractivity contribution in [2.75, 3.05) is 46.1 Å². The molecule has 10 heteroatoms. The molecule has 2 N–H and O–H groups in total. The Labute approximate surface area is 180 Å². The molecule has 0 spiro atoms. The number of thioether (sulfide) groups is 1. The van der Waals surface area contributed by atoms with Crippen LogP contribution in [-0.4, -0.2) is 77.6 Å². The highest BCUT2D eigenvalue weighted by atomic mass is 32.2. The second-order valence-electron chi connectivity index (χ2n) is 7.18. The van der Waals surface area contributed by atoms with Gasteiger partial charge in [0.15, 0.2) is 11.0 Å². The number of ether oxygens (including phenoxy) is 1. The second-order valence-corrected chi connectivity index (χ2v) is 8.12. The number of piperazine rings is 1. The number of methoxy groups -OCH3 is 1. The summed E-state index contributed by atoms with van der Waals surface area (Å²) in [5.74, 6) is 1.65. The monoisotopic (exact) mass is 433 g/mol. The van der Waals surface area contributed by atoms with Gasteiger partial charge < -0.3 is 24.4 Å². The SMILES string of the molecule is CCn1c(CNC(=O)c2ccc(OC)cc2)nnc1SCC(=O)N1CC[NH+](C)CC1. The van der Waals surface area contributed by atoms with Crippen molar-refractivity contribution in [3.63, 3.8) is 0 Å². The number of quaternary nitrogens is 1. The molecule has 2 amide bonds. The Balaban J connectivity index is 1.54. The van der Waals surface area contributed by atoms with Gasteiger partial charge in [-0.25, -0.2) is 0 Å². The summed E-state index contributed by atoms with van der Waals surface area (Å²) < 4.78 is 7.04. The van der Waals surface area contributed by atoms with Crippen molar-refractivity contribution in [1.82, 2.24) is 25.0 Å². The number of likely N-dealkylation sites (N-methyl/N-ethyl adjacent to an activating group) is 1. The third kappa shape index (κ3) is 5.51. The molecule has 162 valence electrons. The van der Waals surface area contributed by atoms with Crippen molar-refractivity contribution in [1.29, 1.82) is 0 Å². The number of carbonyl (C=O) groups is 2. The number of benzene rings is 1. The number of rotatable bonds is 8. The van der Waals surface area contributed by atoms with Gasteiger partial charge in [0, 0.05) is 12.1 Å². The average Bonchev–Trinajstić information content (AvgIpc) is 3.18. The lowest BCUT2D eigenvalue weighted by atomic mass is 10.2. The van der Waals surface area contributed by atoms with Gasteiger partial charge in [-0.15, -0.1) is 10.2 Å². The van der Waals surface area contributed by atoms with Crippen molar-refractivity contribution < 1.29 is 19.2 Å². The van der Waals surface area contributed by atoms with Crippen LogP contribution in [0.4, 0.5) is 0 Å². The molecular weight excluding hydrogens is 404 g/mol. The van der Waals surface area contributed by atoms with Gasteiger partial charge in [-0.3, -0.25) is 9.59 Å². The van der Waals surface area contributed by atoms with Gasteiger partial charge in [0.2, 0.25) is 5.91 Å². The zero-order valence-electron chi connectivity index (χ0n) is 17.7. The molecule has 0 atom stereocenters. The van der Waals surface area contributed by atoms with Crippen LogP contribution in [-0.2, 0) is 17.9 Å². The molecule has 1 fully saturated rings. The first-order valence-corrected chi connectivity index (χ1v) is 11.1. The number of hydrogen-bond donors (Lipinski definition) is 2. The number of carbonyl (C=O) groups excluding carboxylic acids is 2. The van der Waals surface area contributed by atoms with E-state index in [1.54, 1.807) is 31.4 Å². The Hall–Kier alpha value is -2.59. The summed E-state index contributed by atoms with van der Waals surface area (Å²) >= 11 is 1.39. The quantitative estimate of drug-likeness (QED) is 0.555. The van der Waals surface area contributed by atoms with Crippen LogP contribution in [0.3, 0.4) is 0 Å². The topological polar surface area (TPSA) is 93.8 Å². The normalized spacial score (nSPS) is 14.6. The van der Waals surface area contributed by atoms with Gasteiger partial charge in [0.25, 0.3) is 5.91 Å². The summed E-state index contributed by atoms with van der Waals surface area (Å²) in [6.07, 6.45) is 0. The van der Waals surface area contributed by atoms with Gasteiger partial charge in [0.1, 0.15) is 5.75 Å². The standard InChI is InChI=1S/C20H28N6O3S/c1-4-26-17(13-21-19(28)15-5-7-16(29-3)8-6-15)22-23-20(26)30-14-18(27)25-11-9-24(2)10-12-25/h5-8H,4,9-14H2,1-3H3,(H,21,28)/p+1. The minimum Gasteiger partial charge on any atom is -0.497 e. The van der Waals surface area contributed by atoms with E-state index in [-0.39, 0.29) is 18.4 Å². The summed E-state index contributed by atoms with van der Waals surface area (Å²) in [5.41, 5.74) is 0.549. The lowest BCUT2D eigenvalue weighted by molar-refractivity contribution is -0.883. The summed E-state index contributed by atoms with van der Waals surface area (Å²) in [5, 5.41) is 12.0. The predicted octanol–water partition coefficient (Wildman–Crippen LogP) is -0.314. The summed E-state index contributed by atoms with van der Waals surface area (Å²) in [4.78, 5) is 28.2. The van der Waals surface area contributed by atoms with E-state index in [1.807, 2.05) is 16.4 Å². The van der Waals surface area contributed by atoms with Gasteiger partial charge in [0.05, 0.1) is 52.6 Å². The fraction of sp³-hybridized carbons (Fsp3) is 0.500. The number of nitrogens with zero attached hydrogens (tertiary/aromatic N) is 4. The lowest BCUT2D eigenvalue weighted by Gasteiger charge is -2.29. The first-order chi connectivity index (χ1) is 14.5. The highest BCUT2D eigenvalue weighted by molar-refractivity contribution is 7.99. The van der Waals surface area contributed by atoms with Gasteiger partial charge >= 0.3 is 0 Å². The zero-order chi connectivity index (χ0) is 21.5.